The van der Waals surface area contributed by atoms with Crippen LogP contribution in [0.5, 0.6) is 5.75 Å². The third-order valence-corrected chi connectivity index (χ3v) is 1.98. The topological polar surface area (TPSA) is 21.3 Å². The minimum absolute atomic E-state index is 0.865. The van der Waals surface area contributed by atoms with Crippen LogP contribution < -0.4 is 10.1 Å². The Morgan fingerprint density at radius 3 is 3.00 bits per heavy atom. The molecule has 0 saturated heterocycles. The summed E-state index contributed by atoms with van der Waals surface area (Å²) in [6, 6.07) is 8.05. The molecular formula is C10H15NOS. The van der Waals surface area contributed by atoms with Crippen LogP contribution in [0.4, 0.5) is 0 Å². The molecule has 3 heteroatoms. The molecule has 1 N–H and O–H groups in total. The molecule has 2 nitrogen and oxygen atoms in total. The predicted octanol–water partition coefficient (Wildman–Crippen LogP) is 1.71. The van der Waals surface area contributed by atoms with Gasteiger partial charge in [0, 0.05) is 18.8 Å². The second kappa shape index (κ2) is 5.89. The highest BCUT2D eigenvalue weighted by Crippen LogP contribution is 2.11. The molecule has 1 aromatic rings. The minimum Gasteiger partial charge on any atom is -0.497 e. The Balaban J connectivity index is 2.46. The second-order valence-electron chi connectivity index (χ2n) is 2.75. The summed E-state index contributed by atoms with van der Waals surface area (Å²) >= 11 is 4.12. The Kier molecular flexibility index (Phi) is 4.72. The van der Waals surface area contributed by atoms with Crippen LogP contribution in [0.1, 0.15) is 5.56 Å². The molecule has 0 aliphatic carbocycles. The van der Waals surface area contributed by atoms with E-state index in [2.05, 4.69) is 24.0 Å². The highest BCUT2D eigenvalue weighted by Gasteiger charge is 1.94. The number of ether oxygens (including phenoxy) is 1. The molecule has 72 valence electrons. The molecule has 0 fully saturated rings. The van der Waals surface area contributed by atoms with Gasteiger partial charge in [-0.1, -0.05) is 12.1 Å². The van der Waals surface area contributed by atoms with Crippen molar-refractivity contribution in [2.24, 2.45) is 0 Å². The molecule has 1 aromatic carbocycles. The van der Waals surface area contributed by atoms with Crippen molar-refractivity contribution < 1.29 is 4.74 Å². The molecule has 0 atom stereocenters. The summed E-state index contributed by atoms with van der Waals surface area (Å²) in [5.74, 6) is 1.77. The van der Waals surface area contributed by atoms with E-state index in [0.717, 1.165) is 24.6 Å². The average Bonchev–Trinajstić information content (AvgIpc) is 2.19. The van der Waals surface area contributed by atoms with Gasteiger partial charge >= 0.3 is 0 Å². The third-order valence-electron chi connectivity index (χ3n) is 1.75. The van der Waals surface area contributed by atoms with Crippen LogP contribution in [0.3, 0.4) is 0 Å². The molecule has 0 heterocycles. The van der Waals surface area contributed by atoms with E-state index < -0.39 is 0 Å². The zero-order valence-corrected chi connectivity index (χ0v) is 8.68. The van der Waals surface area contributed by atoms with Crippen LogP contribution in [-0.4, -0.2) is 19.4 Å². The van der Waals surface area contributed by atoms with E-state index in [-0.39, 0.29) is 0 Å². The minimum atomic E-state index is 0.865. The van der Waals surface area contributed by atoms with Gasteiger partial charge < -0.3 is 10.1 Å². The van der Waals surface area contributed by atoms with Gasteiger partial charge in [0.15, 0.2) is 0 Å². The van der Waals surface area contributed by atoms with E-state index >= 15 is 0 Å². The fourth-order valence-corrected chi connectivity index (χ4v) is 1.25. The molecule has 0 aliphatic rings. The van der Waals surface area contributed by atoms with E-state index in [9.17, 15) is 0 Å². The molecular weight excluding hydrogens is 182 g/mol. The molecule has 0 aliphatic heterocycles. The summed E-state index contributed by atoms with van der Waals surface area (Å²) in [5, 5.41) is 3.27. The zero-order valence-electron chi connectivity index (χ0n) is 7.79. The maximum Gasteiger partial charge on any atom is 0.119 e. The number of nitrogens with one attached hydrogen (secondary N) is 1. The Bertz CT molecular complexity index is 252. The molecule has 0 radical (unpaired) electrons. The van der Waals surface area contributed by atoms with Crippen molar-refractivity contribution in [1.82, 2.24) is 5.32 Å². The molecule has 0 aromatic heterocycles. The molecule has 0 unspecified atom stereocenters. The van der Waals surface area contributed by atoms with E-state index in [4.69, 9.17) is 4.74 Å². The number of methoxy groups -OCH3 is 1. The predicted molar refractivity (Wildman–Crippen MR) is 58.6 cm³/mol. The lowest BCUT2D eigenvalue weighted by molar-refractivity contribution is 0.414. The Morgan fingerprint density at radius 1 is 1.46 bits per heavy atom. The fraction of sp³-hybridized carbons (Fsp3) is 0.400. The highest BCUT2D eigenvalue weighted by molar-refractivity contribution is 7.80. The number of hydrogen-bond donors (Lipinski definition) is 2. The van der Waals surface area contributed by atoms with Gasteiger partial charge in [-0.3, -0.25) is 0 Å². The lowest BCUT2D eigenvalue weighted by Gasteiger charge is -2.04. The van der Waals surface area contributed by atoms with Crippen molar-refractivity contribution in [3.8, 4) is 5.75 Å². The third kappa shape index (κ3) is 3.70. The first-order valence-electron chi connectivity index (χ1n) is 4.31. The van der Waals surface area contributed by atoms with E-state index in [1.54, 1.807) is 7.11 Å². The summed E-state index contributed by atoms with van der Waals surface area (Å²) in [6.07, 6.45) is 0. The van der Waals surface area contributed by atoms with Gasteiger partial charge in [-0.25, -0.2) is 0 Å². The van der Waals surface area contributed by atoms with Gasteiger partial charge in [-0.2, -0.15) is 12.6 Å². The lowest BCUT2D eigenvalue weighted by atomic mass is 10.2. The maximum absolute atomic E-state index is 5.12. The zero-order chi connectivity index (χ0) is 9.52. The number of thiol groups is 1. The highest BCUT2D eigenvalue weighted by atomic mass is 32.1. The first kappa shape index (κ1) is 10.4. The van der Waals surface area contributed by atoms with Crippen molar-refractivity contribution in [2.45, 2.75) is 6.54 Å². The van der Waals surface area contributed by atoms with Crippen LogP contribution in [-0.2, 0) is 6.54 Å². The van der Waals surface area contributed by atoms with Gasteiger partial charge in [-0.05, 0) is 17.7 Å². The van der Waals surface area contributed by atoms with Crippen molar-refractivity contribution in [2.75, 3.05) is 19.4 Å². The molecule has 0 spiro atoms. The summed E-state index contributed by atoms with van der Waals surface area (Å²) in [6.45, 7) is 1.80. The SMILES string of the molecule is COc1cccc(CNCCS)c1. The first-order chi connectivity index (χ1) is 6.36. The Labute approximate surface area is 84.7 Å². The maximum atomic E-state index is 5.12. The van der Waals surface area contributed by atoms with E-state index in [1.807, 2.05) is 18.2 Å². The van der Waals surface area contributed by atoms with Crippen LogP contribution >= 0.6 is 12.6 Å². The van der Waals surface area contributed by atoms with Crippen LogP contribution in [0.2, 0.25) is 0 Å². The van der Waals surface area contributed by atoms with E-state index in [0.29, 0.717) is 0 Å². The molecule has 0 bridgehead atoms. The van der Waals surface area contributed by atoms with Gasteiger partial charge in [0.25, 0.3) is 0 Å². The van der Waals surface area contributed by atoms with Crippen molar-refractivity contribution in [1.29, 1.82) is 0 Å². The quantitative estimate of drug-likeness (QED) is 0.554. The normalized spacial score (nSPS) is 10.0. The largest absolute Gasteiger partial charge is 0.497 e. The van der Waals surface area contributed by atoms with Gasteiger partial charge in [0.05, 0.1) is 7.11 Å². The molecule has 0 saturated carbocycles. The summed E-state index contributed by atoms with van der Waals surface area (Å²) in [7, 11) is 1.68. The van der Waals surface area contributed by atoms with Gasteiger partial charge in [0.2, 0.25) is 0 Å². The summed E-state index contributed by atoms with van der Waals surface area (Å²) < 4.78 is 5.12. The molecule has 1 rings (SSSR count). The molecule has 13 heavy (non-hydrogen) atoms. The second-order valence-corrected chi connectivity index (χ2v) is 3.20. The van der Waals surface area contributed by atoms with Crippen molar-refractivity contribution in [3.05, 3.63) is 29.8 Å². The first-order valence-corrected chi connectivity index (χ1v) is 4.94. The number of rotatable bonds is 5. The standard InChI is InChI=1S/C10H15NOS/c1-12-10-4-2-3-9(7-10)8-11-5-6-13/h2-4,7,11,13H,5-6,8H2,1H3. The summed E-state index contributed by atoms with van der Waals surface area (Å²) in [5.41, 5.74) is 1.24. The lowest BCUT2D eigenvalue weighted by Crippen LogP contribution is -2.15. The Morgan fingerprint density at radius 2 is 2.31 bits per heavy atom. The van der Waals surface area contributed by atoms with Crippen LogP contribution in [0.15, 0.2) is 24.3 Å². The number of benzene rings is 1. The Hall–Kier alpha value is -0.670. The van der Waals surface area contributed by atoms with Crippen LogP contribution in [0.25, 0.3) is 0 Å². The smallest absolute Gasteiger partial charge is 0.119 e. The van der Waals surface area contributed by atoms with E-state index in [1.165, 1.54) is 5.56 Å². The van der Waals surface area contributed by atoms with Crippen molar-refractivity contribution >= 4 is 12.6 Å². The average molecular weight is 197 g/mol. The number of hydrogen-bond acceptors (Lipinski definition) is 3. The monoisotopic (exact) mass is 197 g/mol. The fourth-order valence-electron chi connectivity index (χ4n) is 1.09. The van der Waals surface area contributed by atoms with Gasteiger partial charge in [0.1, 0.15) is 5.75 Å². The summed E-state index contributed by atoms with van der Waals surface area (Å²) in [4.78, 5) is 0. The van der Waals surface area contributed by atoms with Gasteiger partial charge in [-0.15, -0.1) is 0 Å². The van der Waals surface area contributed by atoms with Crippen LogP contribution in [0, 0.1) is 0 Å². The molecule has 0 amide bonds. The van der Waals surface area contributed by atoms with Crippen molar-refractivity contribution in [3.63, 3.8) is 0 Å².